The maximum atomic E-state index is 12.2. The minimum absolute atomic E-state index is 0.00848. The van der Waals surface area contributed by atoms with Gasteiger partial charge in [0.05, 0.1) is 0 Å². The highest BCUT2D eigenvalue weighted by Crippen LogP contribution is 2.49. The van der Waals surface area contributed by atoms with E-state index in [1.807, 2.05) is 41.8 Å². The van der Waals surface area contributed by atoms with E-state index in [9.17, 15) is 4.79 Å². The Hall–Kier alpha value is -2.40. The van der Waals surface area contributed by atoms with E-state index in [0.29, 0.717) is 11.8 Å². The minimum Gasteiger partial charge on any atom is -0.338 e. The summed E-state index contributed by atoms with van der Waals surface area (Å²) in [5.41, 5.74) is 1.69. The molecule has 4 nitrogen and oxygen atoms in total. The second-order valence-electron chi connectivity index (χ2n) is 5.40. The molecular formula is C17H14N2O2S. The van der Waals surface area contributed by atoms with Crippen molar-refractivity contribution in [2.24, 2.45) is 5.92 Å². The van der Waals surface area contributed by atoms with Crippen LogP contribution in [0.3, 0.4) is 0 Å². The number of carbonyl (C=O) groups excluding carboxylic acids is 1. The van der Waals surface area contributed by atoms with Crippen LogP contribution in [0.5, 0.6) is 0 Å². The molecule has 1 saturated carbocycles. The number of rotatable bonds is 4. The van der Waals surface area contributed by atoms with Crippen molar-refractivity contribution in [3.05, 3.63) is 58.8 Å². The average Bonchev–Trinajstić information content (AvgIpc) is 2.97. The number of anilines is 1. The molecule has 2 aromatic heterocycles. The third kappa shape index (κ3) is 2.55. The molecule has 1 aliphatic carbocycles. The number of thiophene rings is 1. The number of amides is 1. The lowest BCUT2D eigenvalue weighted by Crippen LogP contribution is -2.13. The summed E-state index contributed by atoms with van der Waals surface area (Å²) in [6.45, 7) is 0. The molecule has 0 bridgehead atoms. The zero-order chi connectivity index (χ0) is 14.9. The van der Waals surface area contributed by atoms with Gasteiger partial charge in [-0.2, -0.15) is 0 Å². The largest absolute Gasteiger partial charge is 0.338 e. The molecule has 0 spiro atoms. The Labute approximate surface area is 131 Å². The maximum absolute atomic E-state index is 12.2. The monoisotopic (exact) mass is 310 g/mol. The van der Waals surface area contributed by atoms with Crippen LogP contribution in [0.1, 0.15) is 17.2 Å². The Bertz CT molecular complexity index is 780. The molecule has 2 unspecified atom stereocenters. The van der Waals surface area contributed by atoms with E-state index < -0.39 is 0 Å². The molecule has 22 heavy (non-hydrogen) atoms. The second kappa shape index (κ2) is 5.42. The molecule has 1 aliphatic rings. The van der Waals surface area contributed by atoms with Crippen molar-refractivity contribution in [3.8, 4) is 11.3 Å². The molecule has 1 N–H and O–H groups in total. The fourth-order valence-electron chi connectivity index (χ4n) is 2.59. The van der Waals surface area contributed by atoms with Crippen LogP contribution >= 0.6 is 11.3 Å². The SMILES string of the molecule is O=C(Nc1cc(-c2ccccc2)no1)C1CC1c1cccs1. The number of hydrogen-bond acceptors (Lipinski definition) is 4. The normalized spacial score (nSPS) is 19.8. The summed E-state index contributed by atoms with van der Waals surface area (Å²) in [6, 6.07) is 15.6. The molecule has 0 radical (unpaired) electrons. The zero-order valence-corrected chi connectivity index (χ0v) is 12.5. The van der Waals surface area contributed by atoms with E-state index >= 15 is 0 Å². The number of benzene rings is 1. The quantitative estimate of drug-likeness (QED) is 0.787. The van der Waals surface area contributed by atoms with Crippen LogP contribution in [-0.4, -0.2) is 11.1 Å². The predicted octanol–water partition coefficient (Wildman–Crippen LogP) is 4.15. The first kappa shape index (κ1) is 13.3. The van der Waals surface area contributed by atoms with Gasteiger partial charge in [0, 0.05) is 28.3 Å². The van der Waals surface area contributed by atoms with Gasteiger partial charge >= 0.3 is 0 Å². The number of aromatic nitrogens is 1. The minimum atomic E-state index is 0.00848. The molecule has 110 valence electrons. The third-order valence-electron chi connectivity index (χ3n) is 3.86. The molecular weight excluding hydrogens is 296 g/mol. The molecule has 5 heteroatoms. The van der Waals surface area contributed by atoms with Crippen molar-refractivity contribution in [2.75, 3.05) is 5.32 Å². The number of nitrogens with zero attached hydrogens (tertiary/aromatic N) is 1. The Morgan fingerprint density at radius 2 is 2.09 bits per heavy atom. The van der Waals surface area contributed by atoms with Gasteiger partial charge < -0.3 is 4.52 Å². The summed E-state index contributed by atoms with van der Waals surface area (Å²) < 4.78 is 5.21. The lowest BCUT2D eigenvalue weighted by atomic mass is 10.1. The van der Waals surface area contributed by atoms with Gasteiger partial charge in [-0.25, -0.2) is 0 Å². The Morgan fingerprint density at radius 3 is 2.86 bits per heavy atom. The van der Waals surface area contributed by atoms with Crippen molar-refractivity contribution in [1.29, 1.82) is 0 Å². The third-order valence-corrected chi connectivity index (χ3v) is 4.87. The highest BCUT2D eigenvalue weighted by molar-refractivity contribution is 7.10. The van der Waals surface area contributed by atoms with Crippen molar-refractivity contribution in [2.45, 2.75) is 12.3 Å². The molecule has 1 fully saturated rings. The van der Waals surface area contributed by atoms with Gasteiger partial charge in [0.15, 0.2) is 0 Å². The van der Waals surface area contributed by atoms with Gasteiger partial charge in [-0.05, 0) is 17.9 Å². The first-order valence-electron chi connectivity index (χ1n) is 7.17. The fourth-order valence-corrected chi connectivity index (χ4v) is 3.50. The van der Waals surface area contributed by atoms with Gasteiger partial charge in [-0.15, -0.1) is 11.3 Å². The van der Waals surface area contributed by atoms with E-state index in [1.165, 1.54) is 4.88 Å². The number of hydrogen-bond donors (Lipinski definition) is 1. The Balaban J connectivity index is 1.42. The van der Waals surface area contributed by atoms with E-state index in [4.69, 9.17) is 4.52 Å². The van der Waals surface area contributed by atoms with Crippen molar-refractivity contribution in [1.82, 2.24) is 5.16 Å². The first-order chi connectivity index (χ1) is 10.8. The molecule has 1 aromatic carbocycles. The standard InChI is InChI=1S/C17H14N2O2S/c20-17(13-9-12(13)15-7-4-8-22-15)18-16-10-14(19-21-16)11-5-2-1-3-6-11/h1-8,10,12-13H,9H2,(H,18,20). The summed E-state index contributed by atoms with van der Waals surface area (Å²) in [5.74, 6) is 0.815. The molecule has 0 saturated heterocycles. The van der Waals surface area contributed by atoms with E-state index in [0.717, 1.165) is 17.7 Å². The fraction of sp³-hybridized carbons (Fsp3) is 0.176. The Morgan fingerprint density at radius 1 is 1.23 bits per heavy atom. The van der Waals surface area contributed by atoms with Crippen LogP contribution in [-0.2, 0) is 4.79 Å². The average molecular weight is 310 g/mol. The van der Waals surface area contributed by atoms with Crippen molar-refractivity contribution >= 4 is 23.1 Å². The van der Waals surface area contributed by atoms with Crippen LogP contribution in [0, 0.1) is 5.92 Å². The predicted molar refractivity (Wildman–Crippen MR) is 85.7 cm³/mol. The van der Waals surface area contributed by atoms with Gasteiger partial charge in [-0.3, -0.25) is 10.1 Å². The van der Waals surface area contributed by atoms with Crippen LogP contribution in [0.15, 0.2) is 58.4 Å². The summed E-state index contributed by atoms with van der Waals surface area (Å²) in [5, 5.41) is 8.87. The Kier molecular flexibility index (Phi) is 3.27. The van der Waals surface area contributed by atoms with Crippen LogP contribution in [0.2, 0.25) is 0 Å². The van der Waals surface area contributed by atoms with Gasteiger partial charge in [0.1, 0.15) is 5.69 Å². The lowest BCUT2D eigenvalue weighted by molar-refractivity contribution is -0.117. The maximum Gasteiger partial charge on any atom is 0.231 e. The topological polar surface area (TPSA) is 55.1 Å². The highest BCUT2D eigenvalue weighted by Gasteiger charge is 2.44. The van der Waals surface area contributed by atoms with Crippen LogP contribution in [0.25, 0.3) is 11.3 Å². The number of carbonyl (C=O) groups is 1. The van der Waals surface area contributed by atoms with Crippen LogP contribution < -0.4 is 5.32 Å². The summed E-state index contributed by atoms with van der Waals surface area (Å²) in [7, 11) is 0. The number of nitrogens with one attached hydrogen (secondary N) is 1. The van der Waals surface area contributed by atoms with Crippen molar-refractivity contribution in [3.63, 3.8) is 0 Å². The van der Waals surface area contributed by atoms with Crippen LogP contribution in [0.4, 0.5) is 5.88 Å². The molecule has 1 amide bonds. The molecule has 2 atom stereocenters. The van der Waals surface area contributed by atoms with Gasteiger partial charge in [0.25, 0.3) is 0 Å². The lowest BCUT2D eigenvalue weighted by Gasteiger charge is -1.99. The van der Waals surface area contributed by atoms with E-state index in [-0.39, 0.29) is 11.8 Å². The molecule has 2 heterocycles. The van der Waals surface area contributed by atoms with E-state index in [1.54, 1.807) is 17.4 Å². The smallest absolute Gasteiger partial charge is 0.231 e. The molecule has 0 aliphatic heterocycles. The van der Waals surface area contributed by atoms with Gasteiger partial charge in [0.2, 0.25) is 11.8 Å². The summed E-state index contributed by atoms with van der Waals surface area (Å²) in [6.07, 6.45) is 0.909. The summed E-state index contributed by atoms with van der Waals surface area (Å²) in [4.78, 5) is 13.5. The first-order valence-corrected chi connectivity index (χ1v) is 8.05. The second-order valence-corrected chi connectivity index (χ2v) is 6.38. The zero-order valence-electron chi connectivity index (χ0n) is 11.7. The van der Waals surface area contributed by atoms with E-state index in [2.05, 4.69) is 16.5 Å². The molecule has 3 aromatic rings. The van der Waals surface area contributed by atoms with Crippen molar-refractivity contribution < 1.29 is 9.32 Å². The highest BCUT2D eigenvalue weighted by atomic mass is 32.1. The summed E-state index contributed by atoms with van der Waals surface area (Å²) >= 11 is 1.71. The van der Waals surface area contributed by atoms with Gasteiger partial charge in [-0.1, -0.05) is 41.6 Å². The molecule has 4 rings (SSSR count).